The molecule has 3 rings (SSSR count). The average Bonchev–Trinajstić information content (AvgIpc) is 3.11. The number of aliphatic hydroxyl groups is 1. The summed E-state index contributed by atoms with van der Waals surface area (Å²) in [4.78, 5) is 4.81. The van der Waals surface area contributed by atoms with Gasteiger partial charge in [-0.1, -0.05) is 12.1 Å². The van der Waals surface area contributed by atoms with E-state index >= 15 is 0 Å². The first-order chi connectivity index (χ1) is 12.1. The van der Waals surface area contributed by atoms with Gasteiger partial charge in [0.05, 0.1) is 11.8 Å². The molecule has 1 saturated heterocycles. The van der Waals surface area contributed by atoms with Crippen molar-refractivity contribution in [1.29, 1.82) is 0 Å². The minimum atomic E-state index is -0.219. The van der Waals surface area contributed by atoms with Gasteiger partial charge in [-0.25, -0.2) is 4.68 Å². The molecule has 1 aliphatic rings. The van der Waals surface area contributed by atoms with Crippen LogP contribution in [0.4, 0.5) is 0 Å². The Hall–Kier alpha value is -1.69. The normalized spacial score (nSPS) is 17.9. The number of nitrogens with zero attached hydrogens (tertiary/aromatic N) is 4. The Labute approximate surface area is 150 Å². The Kier molecular flexibility index (Phi) is 6.24. The lowest BCUT2D eigenvalue weighted by atomic mass is 9.96. The van der Waals surface area contributed by atoms with Crippen molar-refractivity contribution in [2.75, 3.05) is 33.2 Å². The number of rotatable bonds is 7. The number of likely N-dealkylation sites (tertiary alicyclic amines) is 1. The smallest absolute Gasteiger partial charge is 0.0645 e. The van der Waals surface area contributed by atoms with E-state index in [0.29, 0.717) is 0 Å². The molecular formula is C20H30N4O. The van der Waals surface area contributed by atoms with Crippen molar-refractivity contribution in [3.8, 4) is 5.69 Å². The summed E-state index contributed by atoms with van der Waals surface area (Å²) in [5.41, 5.74) is 2.44. The Morgan fingerprint density at radius 3 is 2.56 bits per heavy atom. The second-order valence-electron chi connectivity index (χ2n) is 7.41. The summed E-state index contributed by atoms with van der Waals surface area (Å²) in [5, 5.41) is 13.8. The fourth-order valence-corrected chi connectivity index (χ4v) is 3.72. The third kappa shape index (κ3) is 5.39. The van der Waals surface area contributed by atoms with Crippen LogP contribution in [0.25, 0.3) is 5.69 Å². The van der Waals surface area contributed by atoms with E-state index in [2.05, 4.69) is 46.2 Å². The van der Waals surface area contributed by atoms with Gasteiger partial charge in [0.25, 0.3) is 0 Å². The Balaban J connectivity index is 1.44. The molecule has 0 radical (unpaired) electrons. The summed E-state index contributed by atoms with van der Waals surface area (Å²) in [6.45, 7) is 7.03. The quantitative estimate of drug-likeness (QED) is 0.839. The molecule has 0 saturated carbocycles. The number of aliphatic hydroxyl groups excluding tert-OH is 1. The van der Waals surface area contributed by atoms with Crippen molar-refractivity contribution < 1.29 is 5.11 Å². The van der Waals surface area contributed by atoms with Gasteiger partial charge in [0, 0.05) is 32.0 Å². The van der Waals surface area contributed by atoms with Gasteiger partial charge in [-0.2, -0.15) is 5.10 Å². The molecule has 0 aliphatic carbocycles. The zero-order valence-corrected chi connectivity index (χ0v) is 15.4. The van der Waals surface area contributed by atoms with Gasteiger partial charge in [-0.05, 0) is 69.6 Å². The molecule has 1 fully saturated rings. The highest BCUT2D eigenvalue weighted by molar-refractivity contribution is 5.33. The van der Waals surface area contributed by atoms with Crippen LogP contribution in [0.15, 0.2) is 42.7 Å². The van der Waals surface area contributed by atoms with E-state index in [9.17, 15) is 5.11 Å². The molecule has 0 amide bonds. The lowest BCUT2D eigenvalue weighted by Crippen LogP contribution is -2.40. The predicted molar refractivity (Wildman–Crippen MR) is 101 cm³/mol. The van der Waals surface area contributed by atoms with Crippen molar-refractivity contribution in [2.24, 2.45) is 5.92 Å². The standard InChI is InChI=1S/C20H30N4O/c1-17(25)14-23-12-8-19(9-13-23)16-22(2)15-18-4-6-20(7-5-18)24-11-3-10-21-24/h3-7,10-11,17,19,25H,8-9,12-16H2,1-2H3. The largest absolute Gasteiger partial charge is 0.392 e. The third-order valence-corrected chi connectivity index (χ3v) is 4.96. The van der Waals surface area contributed by atoms with Crippen molar-refractivity contribution in [2.45, 2.75) is 32.4 Å². The first-order valence-corrected chi connectivity index (χ1v) is 9.28. The molecule has 1 N–H and O–H groups in total. The third-order valence-electron chi connectivity index (χ3n) is 4.96. The summed E-state index contributed by atoms with van der Waals surface area (Å²) in [6.07, 6.45) is 6.01. The molecule has 1 aromatic carbocycles. The maximum Gasteiger partial charge on any atom is 0.0645 e. The molecule has 1 aromatic heterocycles. The van der Waals surface area contributed by atoms with Gasteiger partial charge in [-0.3, -0.25) is 0 Å². The van der Waals surface area contributed by atoms with Gasteiger partial charge in [-0.15, -0.1) is 0 Å². The summed E-state index contributed by atoms with van der Waals surface area (Å²) >= 11 is 0. The zero-order chi connectivity index (χ0) is 17.6. The Bertz CT molecular complexity index is 616. The van der Waals surface area contributed by atoms with Crippen LogP contribution in [0, 0.1) is 5.92 Å². The first-order valence-electron chi connectivity index (χ1n) is 9.28. The van der Waals surface area contributed by atoms with Gasteiger partial charge < -0.3 is 14.9 Å². The van der Waals surface area contributed by atoms with E-state index in [4.69, 9.17) is 0 Å². The fourth-order valence-electron chi connectivity index (χ4n) is 3.72. The van der Waals surface area contributed by atoms with Crippen molar-refractivity contribution in [1.82, 2.24) is 19.6 Å². The minimum absolute atomic E-state index is 0.219. The molecule has 1 atom stereocenters. The number of hydrogen-bond acceptors (Lipinski definition) is 4. The maximum atomic E-state index is 9.50. The second kappa shape index (κ2) is 8.61. The molecule has 5 heteroatoms. The highest BCUT2D eigenvalue weighted by atomic mass is 16.3. The van der Waals surface area contributed by atoms with E-state index in [1.54, 1.807) is 6.20 Å². The van der Waals surface area contributed by atoms with Gasteiger partial charge in [0.15, 0.2) is 0 Å². The van der Waals surface area contributed by atoms with Crippen LogP contribution in [0.5, 0.6) is 0 Å². The Morgan fingerprint density at radius 2 is 1.96 bits per heavy atom. The number of benzene rings is 1. The molecule has 5 nitrogen and oxygen atoms in total. The van der Waals surface area contributed by atoms with Crippen LogP contribution in [-0.2, 0) is 6.54 Å². The van der Waals surface area contributed by atoms with Crippen LogP contribution in [0.3, 0.4) is 0 Å². The van der Waals surface area contributed by atoms with Gasteiger partial charge in [0.1, 0.15) is 0 Å². The van der Waals surface area contributed by atoms with E-state index in [1.165, 1.54) is 18.4 Å². The Morgan fingerprint density at radius 1 is 1.24 bits per heavy atom. The summed E-state index contributed by atoms with van der Waals surface area (Å²) in [5.74, 6) is 0.763. The van der Waals surface area contributed by atoms with Gasteiger partial charge >= 0.3 is 0 Å². The highest BCUT2D eigenvalue weighted by Crippen LogP contribution is 2.19. The molecule has 0 spiro atoms. The molecule has 2 aromatic rings. The second-order valence-corrected chi connectivity index (χ2v) is 7.41. The van der Waals surface area contributed by atoms with E-state index in [1.807, 2.05) is 23.9 Å². The van der Waals surface area contributed by atoms with Crippen molar-refractivity contribution in [3.63, 3.8) is 0 Å². The van der Waals surface area contributed by atoms with Crippen LogP contribution in [0.1, 0.15) is 25.3 Å². The maximum absolute atomic E-state index is 9.50. The molecule has 1 unspecified atom stereocenters. The SMILES string of the molecule is CC(O)CN1CCC(CN(C)Cc2ccc(-n3cccn3)cc2)CC1. The number of aromatic nitrogens is 2. The fraction of sp³-hybridized carbons (Fsp3) is 0.550. The van der Waals surface area contributed by atoms with Crippen LogP contribution in [-0.4, -0.2) is 64.0 Å². The highest BCUT2D eigenvalue weighted by Gasteiger charge is 2.21. The lowest BCUT2D eigenvalue weighted by Gasteiger charge is -2.34. The zero-order valence-electron chi connectivity index (χ0n) is 15.4. The molecule has 2 heterocycles. The van der Waals surface area contributed by atoms with E-state index in [-0.39, 0.29) is 6.10 Å². The summed E-state index contributed by atoms with van der Waals surface area (Å²) in [7, 11) is 2.21. The number of β-amino-alcohol motifs (C(OH)–C–C–N with tert-alkyl or cyclic N) is 1. The minimum Gasteiger partial charge on any atom is -0.392 e. The summed E-state index contributed by atoms with van der Waals surface area (Å²) < 4.78 is 1.88. The average molecular weight is 342 g/mol. The van der Waals surface area contributed by atoms with Crippen LogP contribution >= 0.6 is 0 Å². The van der Waals surface area contributed by atoms with Gasteiger partial charge in [0.2, 0.25) is 0 Å². The van der Waals surface area contributed by atoms with Crippen molar-refractivity contribution in [3.05, 3.63) is 48.3 Å². The molecule has 25 heavy (non-hydrogen) atoms. The first kappa shape index (κ1) is 18.1. The van der Waals surface area contributed by atoms with E-state index in [0.717, 1.165) is 44.3 Å². The number of piperidine rings is 1. The topological polar surface area (TPSA) is 44.5 Å². The lowest BCUT2D eigenvalue weighted by molar-refractivity contribution is 0.0919. The monoisotopic (exact) mass is 342 g/mol. The summed E-state index contributed by atoms with van der Waals surface area (Å²) in [6, 6.07) is 10.6. The predicted octanol–water partition coefficient (Wildman–Crippen LogP) is 2.40. The molecular weight excluding hydrogens is 312 g/mol. The molecule has 136 valence electrons. The molecule has 0 bridgehead atoms. The number of hydrogen-bond donors (Lipinski definition) is 1. The molecule has 1 aliphatic heterocycles. The van der Waals surface area contributed by atoms with Crippen molar-refractivity contribution >= 4 is 0 Å². The van der Waals surface area contributed by atoms with E-state index < -0.39 is 0 Å². The van der Waals surface area contributed by atoms with Crippen LogP contribution in [0.2, 0.25) is 0 Å². The van der Waals surface area contributed by atoms with Crippen LogP contribution < -0.4 is 0 Å².